The molecule has 0 fully saturated rings. The molecule has 0 aromatic heterocycles. The standard InChI is InChI=1S/C15H20N2O/c1-3-10-17(11-4-2)15(18)14(12-16)13-8-6-5-7-9-13/h1,5-9,14H,4,10-12,16H2,2H3. The van der Waals surface area contributed by atoms with Crippen molar-refractivity contribution in [2.24, 2.45) is 5.73 Å². The molecule has 0 radical (unpaired) electrons. The van der Waals surface area contributed by atoms with Gasteiger partial charge in [0.2, 0.25) is 5.91 Å². The van der Waals surface area contributed by atoms with Gasteiger partial charge in [-0.05, 0) is 12.0 Å². The maximum absolute atomic E-state index is 12.4. The second kappa shape index (κ2) is 7.52. The molecular weight excluding hydrogens is 224 g/mol. The van der Waals surface area contributed by atoms with E-state index in [1.54, 1.807) is 4.90 Å². The molecule has 0 saturated carbocycles. The van der Waals surface area contributed by atoms with Gasteiger partial charge in [-0.15, -0.1) is 6.42 Å². The summed E-state index contributed by atoms with van der Waals surface area (Å²) < 4.78 is 0. The van der Waals surface area contributed by atoms with Crippen molar-refractivity contribution in [3.05, 3.63) is 35.9 Å². The highest BCUT2D eigenvalue weighted by atomic mass is 16.2. The van der Waals surface area contributed by atoms with Gasteiger partial charge in [0, 0.05) is 13.1 Å². The van der Waals surface area contributed by atoms with Crippen molar-refractivity contribution in [2.45, 2.75) is 19.3 Å². The number of terminal acetylenes is 1. The highest BCUT2D eigenvalue weighted by molar-refractivity contribution is 5.84. The second-order valence-corrected chi connectivity index (χ2v) is 4.16. The van der Waals surface area contributed by atoms with E-state index in [2.05, 4.69) is 5.92 Å². The van der Waals surface area contributed by atoms with E-state index in [0.29, 0.717) is 19.6 Å². The molecule has 1 aromatic rings. The van der Waals surface area contributed by atoms with Crippen molar-refractivity contribution in [1.82, 2.24) is 4.90 Å². The minimum Gasteiger partial charge on any atom is -0.331 e. The number of nitrogens with zero attached hydrogens (tertiary/aromatic N) is 1. The summed E-state index contributed by atoms with van der Waals surface area (Å²) in [5.74, 6) is 2.25. The summed E-state index contributed by atoms with van der Waals surface area (Å²) in [6, 6.07) is 9.60. The molecule has 1 aromatic carbocycles. The summed E-state index contributed by atoms with van der Waals surface area (Å²) in [4.78, 5) is 14.1. The number of amides is 1. The summed E-state index contributed by atoms with van der Waals surface area (Å²) >= 11 is 0. The minimum atomic E-state index is -0.300. The first kappa shape index (κ1) is 14.3. The number of nitrogens with two attached hydrogens (primary N) is 1. The molecule has 2 N–H and O–H groups in total. The van der Waals surface area contributed by atoms with Crippen molar-refractivity contribution in [3.63, 3.8) is 0 Å². The predicted molar refractivity (Wildman–Crippen MR) is 73.9 cm³/mol. The van der Waals surface area contributed by atoms with Gasteiger partial charge >= 0.3 is 0 Å². The molecule has 1 amide bonds. The van der Waals surface area contributed by atoms with Crippen molar-refractivity contribution < 1.29 is 4.79 Å². The normalized spacial score (nSPS) is 11.6. The third-order valence-corrected chi connectivity index (χ3v) is 2.82. The molecule has 0 aliphatic rings. The van der Waals surface area contributed by atoms with Gasteiger partial charge in [0.15, 0.2) is 0 Å². The molecule has 0 saturated heterocycles. The molecule has 0 aliphatic carbocycles. The molecular formula is C15H20N2O. The first-order valence-electron chi connectivity index (χ1n) is 6.21. The van der Waals surface area contributed by atoms with E-state index >= 15 is 0 Å². The Balaban J connectivity index is 2.87. The zero-order valence-electron chi connectivity index (χ0n) is 10.8. The van der Waals surface area contributed by atoms with Gasteiger partial charge in [0.1, 0.15) is 0 Å². The fraction of sp³-hybridized carbons (Fsp3) is 0.400. The maximum Gasteiger partial charge on any atom is 0.232 e. The first-order chi connectivity index (χ1) is 8.74. The smallest absolute Gasteiger partial charge is 0.232 e. The number of benzene rings is 1. The monoisotopic (exact) mass is 244 g/mol. The van der Waals surface area contributed by atoms with Crippen molar-refractivity contribution in [1.29, 1.82) is 0 Å². The topological polar surface area (TPSA) is 46.3 Å². The van der Waals surface area contributed by atoms with Crippen LogP contribution in [0.1, 0.15) is 24.8 Å². The number of rotatable bonds is 6. The molecule has 0 heterocycles. The molecule has 18 heavy (non-hydrogen) atoms. The van der Waals surface area contributed by atoms with E-state index in [0.717, 1.165) is 12.0 Å². The lowest BCUT2D eigenvalue weighted by atomic mass is 9.97. The zero-order chi connectivity index (χ0) is 13.4. The van der Waals surface area contributed by atoms with Crippen LogP contribution in [0, 0.1) is 12.3 Å². The van der Waals surface area contributed by atoms with E-state index in [1.165, 1.54) is 0 Å². The Kier molecular flexibility index (Phi) is 5.96. The maximum atomic E-state index is 12.4. The lowest BCUT2D eigenvalue weighted by Gasteiger charge is -2.25. The van der Waals surface area contributed by atoms with Gasteiger partial charge in [0.05, 0.1) is 12.5 Å². The molecule has 1 unspecified atom stereocenters. The number of hydrogen-bond acceptors (Lipinski definition) is 2. The van der Waals surface area contributed by atoms with Crippen LogP contribution in [0.3, 0.4) is 0 Å². The zero-order valence-corrected chi connectivity index (χ0v) is 10.8. The Labute approximate surface area is 109 Å². The molecule has 0 aliphatic heterocycles. The molecule has 0 spiro atoms. The van der Waals surface area contributed by atoms with E-state index < -0.39 is 0 Å². The van der Waals surface area contributed by atoms with Crippen molar-refractivity contribution in [3.8, 4) is 12.3 Å². The number of carbonyl (C=O) groups is 1. The van der Waals surface area contributed by atoms with Crippen LogP contribution in [-0.2, 0) is 4.79 Å². The summed E-state index contributed by atoms with van der Waals surface area (Å²) in [5, 5.41) is 0. The van der Waals surface area contributed by atoms with Gasteiger partial charge < -0.3 is 10.6 Å². The Hall–Kier alpha value is -1.79. The van der Waals surface area contributed by atoms with Gasteiger partial charge in [-0.3, -0.25) is 4.79 Å². The van der Waals surface area contributed by atoms with Gasteiger partial charge in [-0.1, -0.05) is 43.2 Å². The summed E-state index contributed by atoms with van der Waals surface area (Å²) in [6.45, 7) is 3.34. The van der Waals surface area contributed by atoms with Crippen LogP contribution in [0.2, 0.25) is 0 Å². The largest absolute Gasteiger partial charge is 0.331 e. The summed E-state index contributed by atoms with van der Waals surface area (Å²) in [6.07, 6.45) is 6.19. The highest BCUT2D eigenvalue weighted by Gasteiger charge is 2.23. The summed E-state index contributed by atoms with van der Waals surface area (Å²) in [7, 11) is 0. The Bertz CT molecular complexity index is 408. The van der Waals surface area contributed by atoms with Crippen molar-refractivity contribution >= 4 is 5.91 Å². The number of carbonyl (C=O) groups excluding carboxylic acids is 1. The van der Waals surface area contributed by atoms with Crippen LogP contribution in [0.5, 0.6) is 0 Å². The second-order valence-electron chi connectivity index (χ2n) is 4.16. The quantitative estimate of drug-likeness (QED) is 0.773. The van der Waals surface area contributed by atoms with Gasteiger partial charge in [-0.2, -0.15) is 0 Å². The molecule has 1 atom stereocenters. The van der Waals surface area contributed by atoms with E-state index in [9.17, 15) is 4.79 Å². The molecule has 1 rings (SSSR count). The van der Waals surface area contributed by atoms with Crippen LogP contribution >= 0.6 is 0 Å². The van der Waals surface area contributed by atoms with Crippen LogP contribution in [0.4, 0.5) is 0 Å². The Morgan fingerprint density at radius 2 is 2.11 bits per heavy atom. The average Bonchev–Trinajstić information content (AvgIpc) is 2.40. The van der Waals surface area contributed by atoms with Crippen LogP contribution in [-0.4, -0.2) is 30.4 Å². The minimum absolute atomic E-state index is 0.0171. The van der Waals surface area contributed by atoms with Gasteiger partial charge in [-0.25, -0.2) is 0 Å². The third-order valence-electron chi connectivity index (χ3n) is 2.82. The molecule has 0 bridgehead atoms. The summed E-state index contributed by atoms with van der Waals surface area (Å²) in [5.41, 5.74) is 6.68. The lowest BCUT2D eigenvalue weighted by molar-refractivity contribution is -0.132. The molecule has 3 heteroatoms. The van der Waals surface area contributed by atoms with Crippen LogP contribution in [0.25, 0.3) is 0 Å². The van der Waals surface area contributed by atoms with E-state index in [1.807, 2.05) is 37.3 Å². The fourth-order valence-electron chi connectivity index (χ4n) is 1.93. The third kappa shape index (κ3) is 3.61. The molecule has 96 valence electrons. The lowest BCUT2D eigenvalue weighted by Crippen LogP contribution is -2.38. The van der Waals surface area contributed by atoms with Crippen molar-refractivity contribution in [2.75, 3.05) is 19.6 Å². The SMILES string of the molecule is C#CCN(CCC)C(=O)C(CN)c1ccccc1. The van der Waals surface area contributed by atoms with Crippen LogP contribution in [0.15, 0.2) is 30.3 Å². The highest BCUT2D eigenvalue weighted by Crippen LogP contribution is 2.17. The first-order valence-corrected chi connectivity index (χ1v) is 6.21. The Morgan fingerprint density at radius 3 is 2.61 bits per heavy atom. The van der Waals surface area contributed by atoms with Gasteiger partial charge in [0.25, 0.3) is 0 Å². The van der Waals surface area contributed by atoms with Crippen LogP contribution < -0.4 is 5.73 Å². The Morgan fingerprint density at radius 1 is 1.44 bits per heavy atom. The van der Waals surface area contributed by atoms with E-state index in [4.69, 9.17) is 12.2 Å². The number of hydrogen-bond donors (Lipinski definition) is 1. The average molecular weight is 244 g/mol. The van der Waals surface area contributed by atoms with E-state index in [-0.39, 0.29) is 11.8 Å². The fourth-order valence-corrected chi connectivity index (χ4v) is 1.93. The predicted octanol–water partition coefficient (Wildman–Crippen LogP) is 1.60. The molecule has 3 nitrogen and oxygen atoms in total.